The van der Waals surface area contributed by atoms with Gasteiger partial charge in [0.15, 0.2) is 5.82 Å². The molecule has 0 aliphatic carbocycles. The number of tetrazole rings is 1. The number of hydrogen-bond donors (Lipinski definition) is 1. The van der Waals surface area contributed by atoms with Gasteiger partial charge in [0.1, 0.15) is 11.5 Å². The van der Waals surface area contributed by atoms with E-state index < -0.39 is 15.8 Å². The van der Waals surface area contributed by atoms with E-state index in [1.165, 1.54) is 27.2 Å². The standard InChI is InChI=1S/C18H25FN6O3S/c1-3-4-11-29(27,28)24-9-7-14(8-10-24)18(26)20-15-5-6-16(19)17(12-15)25-13(2)21-22-23-25/h5-6,12,14H,3-4,7-11H2,1-2H3,(H,20,26). The lowest BCUT2D eigenvalue weighted by molar-refractivity contribution is -0.120. The van der Waals surface area contributed by atoms with Crippen molar-refractivity contribution in [2.24, 2.45) is 5.92 Å². The summed E-state index contributed by atoms with van der Waals surface area (Å²) in [6.07, 6.45) is 2.37. The van der Waals surface area contributed by atoms with Crippen LogP contribution in [0.25, 0.3) is 5.69 Å². The monoisotopic (exact) mass is 424 g/mol. The van der Waals surface area contributed by atoms with Crippen molar-refractivity contribution in [2.45, 2.75) is 39.5 Å². The van der Waals surface area contributed by atoms with E-state index in [2.05, 4.69) is 20.8 Å². The number of nitrogens with one attached hydrogen (secondary N) is 1. The van der Waals surface area contributed by atoms with Crippen molar-refractivity contribution >= 4 is 21.6 Å². The number of unbranched alkanes of at least 4 members (excludes halogenated alkanes) is 1. The summed E-state index contributed by atoms with van der Waals surface area (Å²) < 4.78 is 41.5. The predicted molar refractivity (Wildman–Crippen MR) is 105 cm³/mol. The molecular weight excluding hydrogens is 399 g/mol. The molecule has 3 rings (SSSR count). The fourth-order valence-corrected chi connectivity index (χ4v) is 4.98. The highest BCUT2D eigenvalue weighted by Crippen LogP contribution is 2.24. The van der Waals surface area contributed by atoms with E-state index in [4.69, 9.17) is 0 Å². The zero-order valence-electron chi connectivity index (χ0n) is 16.5. The third kappa shape index (κ3) is 4.96. The van der Waals surface area contributed by atoms with Crippen LogP contribution in [0.1, 0.15) is 38.4 Å². The Balaban J connectivity index is 1.63. The number of rotatable bonds is 7. The van der Waals surface area contributed by atoms with E-state index in [1.54, 1.807) is 6.92 Å². The Bertz CT molecular complexity index is 970. The molecule has 2 heterocycles. The molecule has 0 radical (unpaired) electrons. The van der Waals surface area contributed by atoms with Gasteiger partial charge in [-0.25, -0.2) is 17.1 Å². The van der Waals surface area contributed by atoms with Gasteiger partial charge in [0.2, 0.25) is 15.9 Å². The van der Waals surface area contributed by atoms with Gasteiger partial charge in [-0.1, -0.05) is 13.3 Å². The lowest BCUT2D eigenvalue weighted by Crippen LogP contribution is -2.42. The molecule has 2 aromatic rings. The average Bonchev–Trinajstić information content (AvgIpc) is 3.13. The Kier molecular flexibility index (Phi) is 6.58. The average molecular weight is 425 g/mol. The first-order chi connectivity index (χ1) is 13.8. The fourth-order valence-electron chi connectivity index (χ4n) is 3.30. The Hall–Kier alpha value is -2.40. The third-order valence-corrected chi connectivity index (χ3v) is 7.00. The van der Waals surface area contributed by atoms with Crippen molar-refractivity contribution in [1.29, 1.82) is 0 Å². The number of halogens is 1. The summed E-state index contributed by atoms with van der Waals surface area (Å²) in [5, 5.41) is 13.8. The fraction of sp³-hybridized carbons (Fsp3) is 0.556. The van der Waals surface area contributed by atoms with Gasteiger partial charge in [0, 0.05) is 24.7 Å². The van der Waals surface area contributed by atoms with Crippen LogP contribution in [0.15, 0.2) is 18.2 Å². The molecule has 0 spiro atoms. The summed E-state index contributed by atoms with van der Waals surface area (Å²) >= 11 is 0. The molecule has 0 bridgehead atoms. The molecule has 1 aliphatic rings. The van der Waals surface area contributed by atoms with Crippen molar-refractivity contribution in [3.05, 3.63) is 29.8 Å². The van der Waals surface area contributed by atoms with Crippen molar-refractivity contribution < 1.29 is 17.6 Å². The molecule has 29 heavy (non-hydrogen) atoms. The second-order valence-corrected chi connectivity index (χ2v) is 9.22. The van der Waals surface area contributed by atoms with Gasteiger partial charge >= 0.3 is 0 Å². The lowest BCUT2D eigenvalue weighted by Gasteiger charge is -2.30. The molecule has 9 nitrogen and oxygen atoms in total. The largest absolute Gasteiger partial charge is 0.326 e. The highest BCUT2D eigenvalue weighted by Gasteiger charge is 2.30. The van der Waals surface area contributed by atoms with Crippen molar-refractivity contribution in [1.82, 2.24) is 24.5 Å². The third-order valence-electron chi connectivity index (χ3n) is 5.04. The molecule has 158 valence electrons. The Morgan fingerprint density at radius 3 is 2.66 bits per heavy atom. The van der Waals surface area contributed by atoms with Crippen LogP contribution in [0, 0.1) is 18.7 Å². The molecule has 1 amide bonds. The Morgan fingerprint density at radius 1 is 1.31 bits per heavy atom. The first-order valence-electron chi connectivity index (χ1n) is 9.65. The molecule has 1 fully saturated rings. The van der Waals surface area contributed by atoms with Gasteiger partial charge in [-0.05, 0) is 54.8 Å². The number of carbonyl (C=O) groups is 1. The number of benzene rings is 1. The molecule has 11 heteroatoms. The minimum atomic E-state index is -3.25. The van der Waals surface area contributed by atoms with Crippen LogP contribution >= 0.6 is 0 Å². The van der Waals surface area contributed by atoms with Gasteiger partial charge < -0.3 is 5.32 Å². The van der Waals surface area contributed by atoms with Crippen molar-refractivity contribution in [2.75, 3.05) is 24.2 Å². The quantitative estimate of drug-likeness (QED) is 0.727. The van der Waals surface area contributed by atoms with Gasteiger partial charge in [-0.3, -0.25) is 4.79 Å². The molecule has 1 aromatic heterocycles. The summed E-state index contributed by atoms with van der Waals surface area (Å²) in [7, 11) is -3.25. The molecule has 0 atom stereocenters. The minimum Gasteiger partial charge on any atom is -0.326 e. The van der Waals surface area contributed by atoms with Gasteiger partial charge in [0.25, 0.3) is 0 Å². The number of carbonyl (C=O) groups excluding carboxylic acids is 1. The number of amides is 1. The summed E-state index contributed by atoms with van der Waals surface area (Å²) in [4.78, 5) is 12.6. The van der Waals surface area contributed by atoms with E-state index in [0.717, 1.165) is 6.42 Å². The van der Waals surface area contributed by atoms with Crippen molar-refractivity contribution in [3.8, 4) is 5.69 Å². The highest BCUT2D eigenvalue weighted by molar-refractivity contribution is 7.89. The lowest BCUT2D eigenvalue weighted by atomic mass is 9.97. The number of piperidine rings is 1. The van der Waals surface area contributed by atoms with E-state index in [0.29, 0.717) is 43.9 Å². The summed E-state index contributed by atoms with van der Waals surface area (Å²) in [5.74, 6) is -0.444. The second-order valence-electron chi connectivity index (χ2n) is 7.14. The topological polar surface area (TPSA) is 110 Å². The van der Waals surface area contributed by atoms with Crippen LogP contribution in [0.3, 0.4) is 0 Å². The normalized spacial score (nSPS) is 16.1. The smallest absolute Gasteiger partial charge is 0.227 e. The summed E-state index contributed by atoms with van der Waals surface area (Å²) in [6.45, 7) is 4.27. The molecule has 1 aromatic carbocycles. The minimum absolute atomic E-state index is 0.141. The molecular formula is C18H25FN6O3S. The molecule has 1 saturated heterocycles. The van der Waals surface area contributed by atoms with E-state index >= 15 is 0 Å². The maximum atomic E-state index is 14.2. The van der Waals surface area contributed by atoms with Gasteiger partial charge in [0.05, 0.1) is 5.75 Å². The van der Waals surface area contributed by atoms with Crippen LogP contribution in [0.2, 0.25) is 0 Å². The molecule has 1 N–H and O–H groups in total. The zero-order valence-corrected chi connectivity index (χ0v) is 17.3. The zero-order chi connectivity index (χ0) is 21.0. The van der Waals surface area contributed by atoms with Crippen LogP contribution < -0.4 is 5.32 Å². The van der Waals surface area contributed by atoms with E-state index in [1.807, 2.05) is 6.92 Å². The van der Waals surface area contributed by atoms with Gasteiger partial charge in [-0.15, -0.1) is 5.10 Å². The van der Waals surface area contributed by atoms with Crippen LogP contribution in [-0.4, -0.2) is 57.7 Å². The van der Waals surface area contributed by atoms with Gasteiger partial charge in [-0.2, -0.15) is 4.68 Å². The molecule has 0 saturated carbocycles. The van der Waals surface area contributed by atoms with Crippen LogP contribution in [0.5, 0.6) is 0 Å². The number of aryl methyl sites for hydroxylation is 1. The SMILES string of the molecule is CCCCS(=O)(=O)N1CCC(C(=O)Nc2ccc(F)c(-n3nnnc3C)c2)CC1. The van der Waals surface area contributed by atoms with Crippen molar-refractivity contribution in [3.63, 3.8) is 0 Å². The first-order valence-corrected chi connectivity index (χ1v) is 11.3. The molecule has 1 aliphatic heterocycles. The Morgan fingerprint density at radius 2 is 2.03 bits per heavy atom. The number of nitrogens with zero attached hydrogens (tertiary/aromatic N) is 5. The van der Waals surface area contributed by atoms with E-state index in [9.17, 15) is 17.6 Å². The maximum absolute atomic E-state index is 14.2. The first kappa shape index (κ1) is 21.3. The van der Waals surface area contributed by atoms with Crippen LogP contribution in [0.4, 0.5) is 10.1 Å². The maximum Gasteiger partial charge on any atom is 0.227 e. The Labute approximate surface area is 169 Å². The van der Waals surface area contributed by atoms with E-state index in [-0.39, 0.29) is 23.3 Å². The summed E-state index contributed by atoms with van der Waals surface area (Å²) in [6, 6.07) is 4.19. The molecule has 0 unspecified atom stereocenters. The second kappa shape index (κ2) is 8.95. The summed E-state index contributed by atoms with van der Waals surface area (Å²) in [5.41, 5.74) is 0.571. The highest BCUT2D eigenvalue weighted by atomic mass is 32.2. The number of anilines is 1. The number of sulfonamides is 1. The van der Waals surface area contributed by atoms with Crippen LogP contribution in [-0.2, 0) is 14.8 Å². The predicted octanol–water partition coefficient (Wildman–Crippen LogP) is 1.89. The number of hydrogen-bond acceptors (Lipinski definition) is 6. The number of aromatic nitrogens is 4.